The van der Waals surface area contributed by atoms with Crippen LogP contribution in [0.1, 0.15) is 12.8 Å². The van der Waals surface area contributed by atoms with Crippen molar-refractivity contribution in [2.75, 3.05) is 25.5 Å². The van der Waals surface area contributed by atoms with Crippen LogP contribution in [0.15, 0.2) is 29.2 Å². The van der Waals surface area contributed by atoms with Crippen LogP contribution in [0.4, 0.5) is 5.69 Å². The maximum absolute atomic E-state index is 11.5. The molecule has 1 saturated heterocycles. The van der Waals surface area contributed by atoms with Crippen LogP contribution in [-0.4, -0.2) is 34.7 Å². The molecule has 0 saturated carbocycles. The van der Waals surface area contributed by atoms with E-state index in [9.17, 15) is 8.42 Å². The van der Waals surface area contributed by atoms with Gasteiger partial charge in [0.1, 0.15) is 0 Å². The van der Waals surface area contributed by atoms with Crippen molar-refractivity contribution in [2.24, 2.45) is 0 Å². The number of rotatable bonds is 5. The maximum Gasteiger partial charge on any atom is 0.240 e. The first-order chi connectivity index (χ1) is 8.62. The number of benzene rings is 1. The Morgan fingerprint density at radius 2 is 2.06 bits per heavy atom. The summed E-state index contributed by atoms with van der Waals surface area (Å²) in [5, 5.41) is 3.24. The van der Waals surface area contributed by atoms with Crippen LogP contribution < -0.4 is 10.0 Å². The second kappa shape index (κ2) is 5.69. The lowest BCUT2D eigenvalue weighted by Gasteiger charge is -2.12. The van der Waals surface area contributed by atoms with Gasteiger partial charge in [-0.1, -0.05) is 0 Å². The van der Waals surface area contributed by atoms with Crippen LogP contribution >= 0.6 is 0 Å². The van der Waals surface area contributed by atoms with Crippen molar-refractivity contribution in [3.8, 4) is 0 Å². The van der Waals surface area contributed by atoms with Gasteiger partial charge in [0.15, 0.2) is 0 Å². The van der Waals surface area contributed by atoms with Crippen LogP contribution in [-0.2, 0) is 14.8 Å². The third-order valence-corrected chi connectivity index (χ3v) is 4.42. The molecule has 100 valence electrons. The quantitative estimate of drug-likeness (QED) is 0.843. The number of sulfonamides is 1. The molecule has 2 rings (SSSR count). The van der Waals surface area contributed by atoms with E-state index in [0.29, 0.717) is 0 Å². The Labute approximate surface area is 108 Å². The van der Waals surface area contributed by atoms with Gasteiger partial charge in [-0.15, -0.1) is 0 Å². The normalized spacial score (nSPS) is 19.9. The summed E-state index contributed by atoms with van der Waals surface area (Å²) in [4.78, 5) is 0.271. The SMILES string of the molecule is CNS(=O)(=O)c1ccc(NCC2CCCO2)cc1. The largest absolute Gasteiger partial charge is 0.382 e. The molecular weight excluding hydrogens is 252 g/mol. The zero-order valence-electron chi connectivity index (χ0n) is 10.3. The van der Waals surface area contributed by atoms with Gasteiger partial charge in [0.25, 0.3) is 0 Å². The summed E-state index contributed by atoms with van der Waals surface area (Å²) in [6.45, 7) is 1.60. The number of nitrogens with one attached hydrogen (secondary N) is 2. The standard InChI is InChI=1S/C12H18N2O3S/c1-13-18(15,16)12-6-4-10(5-7-12)14-9-11-3-2-8-17-11/h4-7,11,13-14H,2-3,8-9H2,1H3. The highest BCUT2D eigenvalue weighted by Crippen LogP contribution is 2.16. The molecule has 1 heterocycles. The van der Waals surface area contributed by atoms with Gasteiger partial charge in [0.05, 0.1) is 11.0 Å². The predicted octanol–water partition coefficient (Wildman–Crippen LogP) is 1.19. The minimum absolute atomic E-state index is 0.269. The number of hydrogen-bond donors (Lipinski definition) is 2. The molecular formula is C12H18N2O3S. The first kappa shape index (κ1) is 13.3. The second-order valence-electron chi connectivity index (χ2n) is 4.25. The Morgan fingerprint density at radius 1 is 1.33 bits per heavy atom. The maximum atomic E-state index is 11.5. The van der Waals surface area contributed by atoms with Crippen LogP contribution in [0.3, 0.4) is 0 Å². The first-order valence-corrected chi connectivity index (χ1v) is 7.49. The monoisotopic (exact) mass is 270 g/mol. The molecule has 1 aliphatic heterocycles. The average Bonchev–Trinajstić information content (AvgIpc) is 2.90. The van der Waals surface area contributed by atoms with Crippen LogP contribution in [0, 0.1) is 0 Å². The van der Waals surface area contributed by atoms with E-state index in [2.05, 4.69) is 10.0 Å². The van der Waals surface area contributed by atoms with Gasteiger partial charge in [0.2, 0.25) is 10.0 Å². The molecule has 2 N–H and O–H groups in total. The summed E-state index contributed by atoms with van der Waals surface area (Å²) in [5.41, 5.74) is 0.903. The van der Waals surface area contributed by atoms with Crippen LogP contribution in [0.5, 0.6) is 0 Å². The molecule has 1 aliphatic rings. The molecule has 0 aliphatic carbocycles. The van der Waals surface area contributed by atoms with Crippen LogP contribution in [0.25, 0.3) is 0 Å². The second-order valence-corrected chi connectivity index (χ2v) is 6.13. The number of ether oxygens (including phenoxy) is 1. The highest BCUT2D eigenvalue weighted by molar-refractivity contribution is 7.89. The summed E-state index contributed by atoms with van der Waals surface area (Å²) in [6, 6.07) is 6.70. The minimum atomic E-state index is -3.35. The van der Waals surface area contributed by atoms with Crippen molar-refractivity contribution in [3.63, 3.8) is 0 Å². The van der Waals surface area contributed by atoms with Crippen molar-refractivity contribution in [1.29, 1.82) is 0 Å². The molecule has 1 aromatic carbocycles. The van der Waals surface area contributed by atoms with Gasteiger partial charge in [-0.2, -0.15) is 0 Å². The van der Waals surface area contributed by atoms with Gasteiger partial charge in [0, 0.05) is 18.8 Å². The Kier molecular flexibility index (Phi) is 4.21. The molecule has 5 nitrogen and oxygen atoms in total. The minimum Gasteiger partial charge on any atom is -0.382 e. The Morgan fingerprint density at radius 3 is 2.61 bits per heavy atom. The van der Waals surface area contributed by atoms with E-state index >= 15 is 0 Å². The molecule has 1 atom stereocenters. The lowest BCUT2D eigenvalue weighted by molar-refractivity contribution is 0.120. The van der Waals surface area contributed by atoms with Crippen molar-refractivity contribution in [2.45, 2.75) is 23.8 Å². The number of anilines is 1. The molecule has 0 bridgehead atoms. The molecule has 0 aromatic heterocycles. The molecule has 6 heteroatoms. The summed E-state index contributed by atoms with van der Waals surface area (Å²) < 4.78 is 30.8. The molecule has 1 unspecified atom stereocenters. The molecule has 0 amide bonds. The van der Waals surface area contributed by atoms with Crippen molar-refractivity contribution >= 4 is 15.7 Å². The summed E-state index contributed by atoms with van der Waals surface area (Å²) in [6.07, 6.45) is 2.47. The fourth-order valence-corrected chi connectivity index (χ4v) is 2.64. The summed E-state index contributed by atoms with van der Waals surface area (Å²) in [7, 11) is -1.95. The Hall–Kier alpha value is -1.11. The first-order valence-electron chi connectivity index (χ1n) is 6.01. The molecule has 18 heavy (non-hydrogen) atoms. The summed E-state index contributed by atoms with van der Waals surface area (Å²) in [5.74, 6) is 0. The zero-order valence-corrected chi connectivity index (χ0v) is 11.2. The lowest BCUT2D eigenvalue weighted by atomic mass is 10.2. The predicted molar refractivity (Wildman–Crippen MR) is 70.2 cm³/mol. The van der Waals surface area contributed by atoms with Gasteiger partial charge in [-0.25, -0.2) is 13.1 Å². The van der Waals surface area contributed by atoms with Gasteiger partial charge < -0.3 is 10.1 Å². The van der Waals surface area contributed by atoms with E-state index in [0.717, 1.165) is 31.7 Å². The summed E-state index contributed by atoms with van der Waals surface area (Å²) >= 11 is 0. The number of hydrogen-bond acceptors (Lipinski definition) is 4. The topological polar surface area (TPSA) is 67.4 Å². The van der Waals surface area contributed by atoms with Crippen molar-refractivity contribution < 1.29 is 13.2 Å². The van der Waals surface area contributed by atoms with Crippen molar-refractivity contribution in [3.05, 3.63) is 24.3 Å². The van der Waals surface area contributed by atoms with Gasteiger partial charge in [-0.05, 0) is 44.2 Å². The lowest BCUT2D eigenvalue weighted by Crippen LogP contribution is -2.19. The molecule has 0 spiro atoms. The Bertz CT molecular complexity index is 479. The Balaban J connectivity index is 1.95. The van der Waals surface area contributed by atoms with E-state index in [4.69, 9.17) is 4.74 Å². The van der Waals surface area contributed by atoms with E-state index in [1.165, 1.54) is 7.05 Å². The van der Waals surface area contributed by atoms with Crippen LogP contribution in [0.2, 0.25) is 0 Å². The molecule has 1 aromatic rings. The third-order valence-electron chi connectivity index (χ3n) is 2.99. The van der Waals surface area contributed by atoms with Gasteiger partial charge >= 0.3 is 0 Å². The smallest absolute Gasteiger partial charge is 0.240 e. The fraction of sp³-hybridized carbons (Fsp3) is 0.500. The van der Waals surface area contributed by atoms with E-state index in [1.54, 1.807) is 24.3 Å². The molecule has 1 fully saturated rings. The van der Waals surface area contributed by atoms with E-state index in [1.807, 2.05) is 0 Å². The average molecular weight is 270 g/mol. The van der Waals surface area contributed by atoms with E-state index < -0.39 is 10.0 Å². The highest BCUT2D eigenvalue weighted by Gasteiger charge is 2.15. The molecule has 0 radical (unpaired) electrons. The fourth-order valence-electron chi connectivity index (χ4n) is 1.91. The van der Waals surface area contributed by atoms with E-state index in [-0.39, 0.29) is 11.0 Å². The zero-order chi connectivity index (χ0) is 13.0. The highest BCUT2D eigenvalue weighted by atomic mass is 32.2. The van der Waals surface area contributed by atoms with Crippen molar-refractivity contribution in [1.82, 2.24) is 4.72 Å². The third kappa shape index (κ3) is 3.22. The van der Waals surface area contributed by atoms with Gasteiger partial charge in [-0.3, -0.25) is 0 Å².